The maximum absolute atomic E-state index is 11.8. The molecule has 2 aromatic rings. The largest absolute Gasteiger partial charge is 0.405 e. The Morgan fingerprint density at radius 3 is 1.87 bits per heavy atom. The Morgan fingerprint density at radius 2 is 1.47 bits per heavy atom. The molecule has 0 aliphatic carbocycles. The molecule has 0 N–H and O–H groups in total. The van der Waals surface area contributed by atoms with E-state index in [1.807, 2.05) is 12.1 Å². The second-order valence-electron chi connectivity index (χ2n) is 8.67. The summed E-state index contributed by atoms with van der Waals surface area (Å²) in [6.45, 7) is 6.96. The summed E-state index contributed by atoms with van der Waals surface area (Å²) in [5.74, 6) is -0.446. The first-order valence-electron chi connectivity index (χ1n) is 10.3. The zero-order chi connectivity index (χ0) is 21.8. The number of carbonyl (C=O) groups excluding carboxylic acids is 1. The second kappa shape index (κ2) is 9.54. The van der Waals surface area contributed by atoms with Gasteiger partial charge in [0.15, 0.2) is 6.29 Å². The molecule has 1 saturated heterocycles. The van der Waals surface area contributed by atoms with E-state index in [1.165, 1.54) is 10.4 Å². The Morgan fingerprint density at radius 1 is 0.933 bits per heavy atom. The molecule has 0 bridgehead atoms. The van der Waals surface area contributed by atoms with Crippen molar-refractivity contribution in [3.8, 4) is 0 Å². The Kier molecular flexibility index (Phi) is 7.26. The van der Waals surface area contributed by atoms with Crippen LogP contribution in [-0.4, -0.2) is 53.9 Å². The first-order chi connectivity index (χ1) is 14.4. The van der Waals surface area contributed by atoms with Gasteiger partial charge in [0.1, 0.15) is 12.4 Å². The van der Waals surface area contributed by atoms with Crippen molar-refractivity contribution in [1.82, 2.24) is 0 Å². The minimum absolute atomic E-state index is 0.147. The lowest BCUT2D eigenvalue weighted by Crippen LogP contribution is -2.67. The number of hydrogen-bond donors (Lipinski definition) is 0. The van der Waals surface area contributed by atoms with Crippen LogP contribution in [0.2, 0.25) is 5.04 Å². The molecule has 6 heteroatoms. The van der Waals surface area contributed by atoms with Gasteiger partial charge in [-0.3, -0.25) is 0 Å². The third-order valence-corrected chi connectivity index (χ3v) is 10.9. The van der Waals surface area contributed by atoms with E-state index < -0.39 is 32.7 Å². The molecule has 0 spiro atoms. The van der Waals surface area contributed by atoms with Crippen molar-refractivity contribution >= 4 is 25.0 Å². The highest BCUT2D eigenvalue weighted by molar-refractivity contribution is 6.99. The molecule has 0 aromatic heterocycles. The number of ether oxygens (including phenoxy) is 3. The Labute approximate surface area is 180 Å². The van der Waals surface area contributed by atoms with E-state index in [0.717, 1.165) is 6.29 Å². The van der Waals surface area contributed by atoms with Gasteiger partial charge >= 0.3 is 0 Å². The molecule has 1 aliphatic heterocycles. The average molecular weight is 429 g/mol. The van der Waals surface area contributed by atoms with Crippen LogP contribution in [0.15, 0.2) is 60.7 Å². The summed E-state index contributed by atoms with van der Waals surface area (Å²) >= 11 is 0. The van der Waals surface area contributed by atoms with E-state index >= 15 is 0 Å². The minimum atomic E-state index is -2.70. The van der Waals surface area contributed by atoms with E-state index in [-0.39, 0.29) is 11.6 Å². The van der Waals surface area contributed by atoms with E-state index in [2.05, 4.69) is 69.3 Å². The van der Waals surface area contributed by atoms with Crippen LogP contribution in [0.1, 0.15) is 20.8 Å². The SMILES string of the molecule is CO[C@H]1O[C@H](CO[Si](c2ccccc2)(c2ccccc2)C(C)(C)C)[C@@H](C=O)[C@H]1OC. The molecule has 0 unspecified atom stereocenters. The summed E-state index contributed by atoms with van der Waals surface area (Å²) < 4.78 is 23.8. The van der Waals surface area contributed by atoms with Gasteiger partial charge in [-0.25, -0.2) is 0 Å². The molecule has 1 fully saturated rings. The molecular formula is C24H32O5Si. The predicted molar refractivity (Wildman–Crippen MR) is 120 cm³/mol. The second-order valence-corrected chi connectivity index (χ2v) is 13.0. The van der Waals surface area contributed by atoms with Crippen LogP contribution in [0.4, 0.5) is 0 Å². The van der Waals surface area contributed by atoms with Gasteiger partial charge in [0.25, 0.3) is 8.32 Å². The molecule has 162 valence electrons. The van der Waals surface area contributed by atoms with Crippen molar-refractivity contribution in [2.45, 2.75) is 44.3 Å². The third-order valence-electron chi connectivity index (χ3n) is 5.93. The number of hydrogen-bond acceptors (Lipinski definition) is 5. The van der Waals surface area contributed by atoms with Gasteiger partial charge < -0.3 is 23.4 Å². The van der Waals surface area contributed by atoms with E-state index in [0.29, 0.717) is 0 Å². The number of carbonyl (C=O) groups is 1. The monoisotopic (exact) mass is 428 g/mol. The lowest BCUT2D eigenvalue weighted by atomic mass is 10.0. The van der Waals surface area contributed by atoms with Crippen molar-refractivity contribution in [2.75, 3.05) is 20.8 Å². The van der Waals surface area contributed by atoms with Crippen LogP contribution in [-0.2, 0) is 23.4 Å². The summed E-state index contributed by atoms with van der Waals surface area (Å²) in [6, 6.07) is 20.8. The van der Waals surface area contributed by atoms with Crippen molar-refractivity contribution in [1.29, 1.82) is 0 Å². The van der Waals surface area contributed by atoms with Crippen molar-refractivity contribution in [2.24, 2.45) is 5.92 Å². The maximum atomic E-state index is 11.8. The molecule has 0 radical (unpaired) electrons. The van der Waals surface area contributed by atoms with Gasteiger partial charge in [0, 0.05) is 14.2 Å². The van der Waals surface area contributed by atoms with Crippen LogP contribution in [0.5, 0.6) is 0 Å². The Bertz CT molecular complexity index is 766. The highest BCUT2D eigenvalue weighted by Crippen LogP contribution is 2.38. The summed E-state index contributed by atoms with van der Waals surface area (Å²) in [5, 5.41) is 2.23. The first kappa shape index (κ1) is 22.8. The molecular weight excluding hydrogens is 396 g/mol. The van der Waals surface area contributed by atoms with Gasteiger partial charge in [-0.1, -0.05) is 81.4 Å². The molecule has 4 atom stereocenters. The normalized spacial score (nSPS) is 24.7. The van der Waals surface area contributed by atoms with Gasteiger partial charge in [0.2, 0.25) is 0 Å². The zero-order valence-electron chi connectivity index (χ0n) is 18.4. The van der Waals surface area contributed by atoms with Crippen molar-refractivity contribution < 1.29 is 23.4 Å². The molecule has 0 amide bonds. The van der Waals surface area contributed by atoms with E-state index in [4.69, 9.17) is 18.6 Å². The Hall–Kier alpha value is -1.83. The van der Waals surface area contributed by atoms with Crippen LogP contribution in [0, 0.1) is 5.92 Å². The topological polar surface area (TPSA) is 54.0 Å². The summed E-state index contributed by atoms with van der Waals surface area (Å²) in [4.78, 5) is 11.8. The fourth-order valence-corrected chi connectivity index (χ4v) is 9.05. The maximum Gasteiger partial charge on any atom is 0.261 e. The average Bonchev–Trinajstić information content (AvgIpc) is 3.11. The summed E-state index contributed by atoms with van der Waals surface area (Å²) in [5.41, 5.74) is 0. The predicted octanol–water partition coefficient (Wildman–Crippen LogP) is 2.76. The third kappa shape index (κ3) is 4.15. The van der Waals surface area contributed by atoms with Gasteiger partial charge in [-0.2, -0.15) is 0 Å². The van der Waals surface area contributed by atoms with Gasteiger partial charge in [-0.05, 0) is 15.4 Å². The Balaban J connectivity index is 2.01. The quantitative estimate of drug-likeness (QED) is 0.478. The number of benzene rings is 2. The molecule has 2 aromatic carbocycles. The smallest absolute Gasteiger partial charge is 0.261 e. The van der Waals surface area contributed by atoms with Crippen LogP contribution >= 0.6 is 0 Å². The van der Waals surface area contributed by atoms with Gasteiger partial charge in [-0.15, -0.1) is 0 Å². The highest BCUT2D eigenvalue weighted by Gasteiger charge is 2.52. The molecule has 1 heterocycles. The number of methoxy groups -OCH3 is 2. The minimum Gasteiger partial charge on any atom is -0.405 e. The van der Waals surface area contributed by atoms with E-state index in [1.54, 1.807) is 14.2 Å². The van der Waals surface area contributed by atoms with Crippen LogP contribution in [0.25, 0.3) is 0 Å². The molecule has 5 nitrogen and oxygen atoms in total. The van der Waals surface area contributed by atoms with Crippen molar-refractivity contribution in [3.05, 3.63) is 60.7 Å². The molecule has 30 heavy (non-hydrogen) atoms. The highest BCUT2D eigenvalue weighted by atomic mass is 28.4. The fourth-order valence-electron chi connectivity index (χ4n) is 4.48. The fraction of sp³-hybridized carbons (Fsp3) is 0.458. The standard InChI is InChI=1S/C24H32O5Si/c1-24(2,3)30(18-12-8-6-9-13-18,19-14-10-7-11-15-19)28-17-21-20(16-25)22(26-4)23(27-5)29-21/h6-16,20-23H,17H2,1-5H3/t20-,21-,22-,23+/m1/s1. The molecule has 3 rings (SSSR count). The lowest BCUT2D eigenvalue weighted by molar-refractivity contribution is -0.158. The molecule has 0 saturated carbocycles. The first-order valence-corrected chi connectivity index (χ1v) is 12.2. The molecule has 1 aliphatic rings. The summed E-state index contributed by atoms with van der Waals surface area (Å²) in [6.07, 6.45) is -0.565. The van der Waals surface area contributed by atoms with Crippen molar-refractivity contribution in [3.63, 3.8) is 0 Å². The zero-order valence-corrected chi connectivity index (χ0v) is 19.4. The number of rotatable bonds is 8. The van der Waals surface area contributed by atoms with Gasteiger partial charge in [0.05, 0.1) is 18.6 Å². The van der Waals surface area contributed by atoms with Crippen LogP contribution < -0.4 is 10.4 Å². The lowest BCUT2D eigenvalue weighted by Gasteiger charge is -2.43. The number of aldehydes is 1. The van der Waals surface area contributed by atoms with E-state index in [9.17, 15) is 4.79 Å². The van der Waals surface area contributed by atoms with Crippen LogP contribution in [0.3, 0.4) is 0 Å². The summed E-state index contributed by atoms with van der Waals surface area (Å²) in [7, 11) is 0.430.